The summed E-state index contributed by atoms with van der Waals surface area (Å²) in [6, 6.07) is 5.21. The van der Waals surface area contributed by atoms with Crippen LogP contribution in [-0.4, -0.2) is 21.9 Å². The van der Waals surface area contributed by atoms with Crippen molar-refractivity contribution in [3.63, 3.8) is 0 Å². The molecule has 98 valence electrons. The van der Waals surface area contributed by atoms with E-state index in [9.17, 15) is 9.00 Å². The van der Waals surface area contributed by atoms with Gasteiger partial charge in [-0.2, -0.15) is 0 Å². The van der Waals surface area contributed by atoms with Crippen molar-refractivity contribution >= 4 is 34.0 Å². The Morgan fingerprint density at radius 3 is 2.83 bits per heavy atom. The second-order valence-electron chi connectivity index (χ2n) is 4.33. The van der Waals surface area contributed by atoms with E-state index in [1.54, 1.807) is 18.2 Å². The van der Waals surface area contributed by atoms with Gasteiger partial charge in [-0.05, 0) is 31.0 Å². The summed E-state index contributed by atoms with van der Waals surface area (Å²) in [5.74, 6) is 0.236. The molecule has 0 saturated heterocycles. The molecule has 1 saturated carbocycles. The van der Waals surface area contributed by atoms with Gasteiger partial charge in [0.25, 0.3) is 0 Å². The van der Waals surface area contributed by atoms with E-state index >= 15 is 0 Å². The van der Waals surface area contributed by atoms with Gasteiger partial charge in [-0.1, -0.05) is 11.6 Å². The van der Waals surface area contributed by atoms with Crippen molar-refractivity contribution in [2.75, 3.05) is 11.5 Å². The Bertz CT molecular complexity index is 489. The normalized spacial score (nSPS) is 16.3. The zero-order valence-corrected chi connectivity index (χ0v) is 11.4. The van der Waals surface area contributed by atoms with Gasteiger partial charge < -0.3 is 11.1 Å². The molecular weight excluding hydrogens is 272 g/mol. The highest BCUT2D eigenvalue weighted by Gasteiger charge is 2.23. The number of rotatable bonds is 5. The van der Waals surface area contributed by atoms with Gasteiger partial charge >= 0.3 is 0 Å². The van der Waals surface area contributed by atoms with Crippen LogP contribution in [-0.2, 0) is 15.6 Å². The molecule has 1 atom stereocenters. The maximum absolute atomic E-state index is 12.0. The molecule has 1 aromatic carbocycles. The summed E-state index contributed by atoms with van der Waals surface area (Å²) in [7, 11) is -1.27. The number of benzene rings is 1. The first kappa shape index (κ1) is 13.4. The molecule has 1 unspecified atom stereocenters. The van der Waals surface area contributed by atoms with Crippen molar-refractivity contribution in [2.45, 2.75) is 30.2 Å². The first-order chi connectivity index (χ1) is 8.56. The first-order valence-corrected chi connectivity index (χ1v) is 7.48. The predicted molar refractivity (Wildman–Crippen MR) is 72.9 cm³/mol. The second kappa shape index (κ2) is 5.71. The van der Waals surface area contributed by atoms with E-state index in [2.05, 4.69) is 5.32 Å². The van der Waals surface area contributed by atoms with Crippen LogP contribution in [0.4, 0.5) is 5.69 Å². The van der Waals surface area contributed by atoms with Gasteiger partial charge in [-0.25, -0.2) is 0 Å². The Hall–Kier alpha value is -1.07. The average molecular weight is 287 g/mol. The summed E-state index contributed by atoms with van der Waals surface area (Å²) in [5.41, 5.74) is 6.10. The smallest absolute Gasteiger partial charge is 0.221 e. The molecule has 4 nitrogen and oxygen atoms in total. The third-order valence-electron chi connectivity index (χ3n) is 2.66. The Morgan fingerprint density at radius 2 is 2.22 bits per heavy atom. The summed E-state index contributed by atoms with van der Waals surface area (Å²) >= 11 is 5.96. The number of anilines is 1. The summed E-state index contributed by atoms with van der Waals surface area (Å²) in [4.78, 5) is 12.0. The lowest BCUT2D eigenvalue weighted by Crippen LogP contribution is -2.26. The van der Waals surface area contributed by atoms with Gasteiger partial charge in [0.1, 0.15) is 0 Å². The molecule has 0 radical (unpaired) electrons. The summed E-state index contributed by atoms with van der Waals surface area (Å²) in [6.07, 6.45) is 2.36. The lowest BCUT2D eigenvalue weighted by molar-refractivity contribution is -0.120. The number of nitrogens with two attached hydrogens (primary N) is 1. The number of halogens is 1. The van der Waals surface area contributed by atoms with Crippen LogP contribution in [0.15, 0.2) is 23.1 Å². The molecule has 0 aromatic heterocycles. The van der Waals surface area contributed by atoms with Gasteiger partial charge in [0.2, 0.25) is 5.91 Å². The molecule has 3 N–H and O–H groups in total. The van der Waals surface area contributed by atoms with Crippen LogP contribution < -0.4 is 11.1 Å². The van der Waals surface area contributed by atoms with E-state index < -0.39 is 10.8 Å². The summed E-state index contributed by atoms with van der Waals surface area (Å²) < 4.78 is 12.0. The number of carbonyl (C=O) groups excluding carboxylic acids is 1. The van der Waals surface area contributed by atoms with Crippen LogP contribution in [0, 0.1) is 0 Å². The van der Waals surface area contributed by atoms with Crippen LogP contribution in [0.25, 0.3) is 0 Å². The first-order valence-electron chi connectivity index (χ1n) is 5.79. The van der Waals surface area contributed by atoms with Crippen LogP contribution >= 0.6 is 11.6 Å². The molecule has 1 aliphatic rings. The SMILES string of the molecule is Nc1ccc(S(=O)CCC(=O)NC2CC2)c(Cl)c1. The predicted octanol–water partition coefficient (Wildman–Crippen LogP) is 1.70. The van der Waals surface area contributed by atoms with Gasteiger partial charge in [-0.15, -0.1) is 0 Å². The fourth-order valence-electron chi connectivity index (χ4n) is 1.52. The number of amides is 1. The molecule has 0 aliphatic heterocycles. The number of nitrogen functional groups attached to an aromatic ring is 1. The highest BCUT2D eigenvalue weighted by molar-refractivity contribution is 7.85. The largest absolute Gasteiger partial charge is 0.399 e. The fourth-order valence-corrected chi connectivity index (χ4v) is 3.06. The maximum atomic E-state index is 12.0. The Labute approximate surface area is 113 Å². The molecule has 18 heavy (non-hydrogen) atoms. The van der Waals surface area contributed by atoms with Crippen molar-refractivity contribution in [2.24, 2.45) is 0 Å². The molecule has 1 amide bonds. The molecule has 0 heterocycles. The minimum Gasteiger partial charge on any atom is -0.399 e. The number of hydrogen-bond donors (Lipinski definition) is 2. The quantitative estimate of drug-likeness (QED) is 0.809. The molecule has 0 spiro atoms. The van der Waals surface area contributed by atoms with Crippen molar-refractivity contribution in [3.8, 4) is 0 Å². The Morgan fingerprint density at radius 1 is 1.50 bits per heavy atom. The highest BCUT2D eigenvalue weighted by atomic mass is 35.5. The Balaban J connectivity index is 1.88. The standard InChI is InChI=1S/C12H15ClN2O2S/c13-10-7-8(14)1-4-11(10)18(17)6-5-12(16)15-9-2-3-9/h1,4,7,9H,2-3,5-6,14H2,(H,15,16). The molecular formula is C12H15ClN2O2S. The topological polar surface area (TPSA) is 72.2 Å². The van der Waals surface area contributed by atoms with Gasteiger partial charge in [0, 0.05) is 23.9 Å². The molecule has 1 fully saturated rings. The van der Waals surface area contributed by atoms with Crippen LogP contribution in [0.2, 0.25) is 5.02 Å². The molecule has 1 aromatic rings. The molecule has 0 bridgehead atoms. The van der Waals surface area contributed by atoms with Gasteiger partial charge in [0.05, 0.1) is 20.7 Å². The van der Waals surface area contributed by atoms with Crippen LogP contribution in [0.1, 0.15) is 19.3 Å². The Kier molecular flexibility index (Phi) is 4.24. The van der Waals surface area contributed by atoms with E-state index in [1.165, 1.54) is 0 Å². The summed E-state index contributed by atoms with van der Waals surface area (Å²) in [5, 5.41) is 3.24. The van der Waals surface area contributed by atoms with E-state index in [1.807, 2.05) is 0 Å². The number of nitrogens with one attached hydrogen (secondary N) is 1. The molecule has 2 rings (SSSR count). The fraction of sp³-hybridized carbons (Fsp3) is 0.417. The van der Waals surface area contributed by atoms with Crippen molar-refractivity contribution in [1.82, 2.24) is 5.32 Å². The second-order valence-corrected chi connectivity index (χ2v) is 6.28. The van der Waals surface area contributed by atoms with Gasteiger partial charge in [0.15, 0.2) is 0 Å². The average Bonchev–Trinajstić information content (AvgIpc) is 3.10. The zero-order chi connectivity index (χ0) is 13.1. The molecule has 1 aliphatic carbocycles. The van der Waals surface area contributed by atoms with E-state index in [-0.39, 0.29) is 18.1 Å². The highest BCUT2D eigenvalue weighted by Crippen LogP contribution is 2.23. The zero-order valence-electron chi connectivity index (χ0n) is 9.82. The van der Waals surface area contributed by atoms with Crippen molar-refractivity contribution in [3.05, 3.63) is 23.2 Å². The molecule has 6 heteroatoms. The van der Waals surface area contributed by atoms with E-state index in [0.717, 1.165) is 12.8 Å². The third-order valence-corrected chi connectivity index (χ3v) is 4.50. The summed E-state index contributed by atoms with van der Waals surface area (Å²) in [6.45, 7) is 0. The lowest BCUT2D eigenvalue weighted by Gasteiger charge is -2.06. The number of hydrogen-bond acceptors (Lipinski definition) is 3. The lowest BCUT2D eigenvalue weighted by atomic mass is 10.3. The maximum Gasteiger partial charge on any atom is 0.221 e. The van der Waals surface area contributed by atoms with Gasteiger partial charge in [-0.3, -0.25) is 9.00 Å². The third kappa shape index (κ3) is 3.71. The monoisotopic (exact) mass is 286 g/mol. The number of carbonyl (C=O) groups is 1. The minimum atomic E-state index is -1.27. The minimum absolute atomic E-state index is 0.0441. The van der Waals surface area contributed by atoms with Crippen molar-refractivity contribution in [1.29, 1.82) is 0 Å². The van der Waals surface area contributed by atoms with Crippen molar-refractivity contribution < 1.29 is 9.00 Å². The van der Waals surface area contributed by atoms with E-state index in [0.29, 0.717) is 21.6 Å². The van der Waals surface area contributed by atoms with Crippen LogP contribution in [0.5, 0.6) is 0 Å². The van der Waals surface area contributed by atoms with Crippen LogP contribution in [0.3, 0.4) is 0 Å². The van der Waals surface area contributed by atoms with E-state index in [4.69, 9.17) is 17.3 Å².